The van der Waals surface area contributed by atoms with Crippen molar-refractivity contribution in [3.63, 3.8) is 0 Å². The van der Waals surface area contributed by atoms with E-state index in [0.29, 0.717) is 23.8 Å². The normalized spacial score (nSPS) is 10.4. The summed E-state index contributed by atoms with van der Waals surface area (Å²) in [7, 11) is 2.77. The van der Waals surface area contributed by atoms with Gasteiger partial charge in [0.15, 0.2) is 5.57 Å². The van der Waals surface area contributed by atoms with Crippen LogP contribution in [0.15, 0.2) is 30.0 Å². The number of nitriles is 1. The molecule has 0 aliphatic heterocycles. The second-order valence-electron chi connectivity index (χ2n) is 3.60. The predicted molar refractivity (Wildman–Crippen MR) is 73.5 cm³/mol. The number of hydrogen-bond acceptors (Lipinski definition) is 6. The van der Waals surface area contributed by atoms with Crippen LogP contribution in [0.4, 0.5) is 5.69 Å². The zero-order chi connectivity index (χ0) is 15.0. The van der Waals surface area contributed by atoms with Crippen molar-refractivity contribution >= 4 is 11.7 Å². The Labute approximate surface area is 117 Å². The Morgan fingerprint density at radius 1 is 1.45 bits per heavy atom. The monoisotopic (exact) mass is 276 g/mol. The number of rotatable bonds is 6. The molecule has 1 aromatic carbocycles. The van der Waals surface area contributed by atoms with E-state index >= 15 is 0 Å². The van der Waals surface area contributed by atoms with Crippen LogP contribution in [-0.2, 0) is 9.53 Å². The molecule has 0 unspecified atom stereocenters. The predicted octanol–water partition coefficient (Wildman–Crippen LogP) is 2.09. The van der Waals surface area contributed by atoms with E-state index in [1.54, 1.807) is 31.4 Å². The van der Waals surface area contributed by atoms with Crippen molar-refractivity contribution < 1.29 is 19.0 Å². The molecule has 0 saturated carbocycles. The van der Waals surface area contributed by atoms with Gasteiger partial charge in [-0.2, -0.15) is 5.26 Å². The summed E-state index contributed by atoms with van der Waals surface area (Å²) in [5, 5.41) is 11.7. The number of benzene rings is 1. The van der Waals surface area contributed by atoms with E-state index < -0.39 is 5.97 Å². The maximum atomic E-state index is 11.3. The van der Waals surface area contributed by atoms with Gasteiger partial charge in [0.05, 0.1) is 26.5 Å². The summed E-state index contributed by atoms with van der Waals surface area (Å²) in [6.45, 7) is 2.34. The molecule has 106 valence electrons. The molecule has 0 amide bonds. The highest BCUT2D eigenvalue weighted by Gasteiger charge is 2.09. The number of carbonyl (C=O) groups excluding carboxylic acids is 1. The van der Waals surface area contributed by atoms with Crippen LogP contribution in [0.25, 0.3) is 0 Å². The molecule has 6 nitrogen and oxygen atoms in total. The van der Waals surface area contributed by atoms with Gasteiger partial charge in [0.2, 0.25) is 0 Å². The Hall–Kier alpha value is -2.68. The number of anilines is 1. The van der Waals surface area contributed by atoms with E-state index in [4.69, 9.17) is 14.7 Å². The number of ether oxygens (including phenoxy) is 3. The molecular formula is C14H16N2O4. The Morgan fingerprint density at radius 3 is 2.75 bits per heavy atom. The minimum atomic E-state index is -0.702. The minimum absolute atomic E-state index is 0.134. The van der Waals surface area contributed by atoms with Gasteiger partial charge in [-0.3, -0.25) is 0 Å². The summed E-state index contributed by atoms with van der Waals surface area (Å²) in [6.07, 6.45) is 1.27. The van der Waals surface area contributed by atoms with Crippen LogP contribution in [0, 0.1) is 11.3 Å². The molecule has 1 aromatic rings. The lowest BCUT2D eigenvalue weighted by Gasteiger charge is -2.11. The second-order valence-corrected chi connectivity index (χ2v) is 3.60. The van der Waals surface area contributed by atoms with Gasteiger partial charge in [-0.1, -0.05) is 0 Å². The molecule has 0 saturated heterocycles. The Balaban J connectivity index is 2.99. The lowest BCUT2D eigenvalue weighted by Crippen LogP contribution is -2.05. The number of carbonyl (C=O) groups is 1. The van der Waals surface area contributed by atoms with E-state index in [9.17, 15) is 4.79 Å². The molecule has 0 heterocycles. The fraction of sp³-hybridized carbons (Fsp3) is 0.286. The van der Waals surface area contributed by atoms with Crippen LogP contribution < -0.4 is 14.8 Å². The maximum Gasteiger partial charge on any atom is 0.350 e. The molecule has 6 heteroatoms. The molecule has 0 atom stereocenters. The second kappa shape index (κ2) is 7.69. The van der Waals surface area contributed by atoms with Crippen molar-refractivity contribution in [2.24, 2.45) is 0 Å². The quantitative estimate of drug-likeness (QED) is 0.487. The summed E-state index contributed by atoms with van der Waals surface area (Å²) < 4.78 is 15.1. The number of hydrogen-bond donors (Lipinski definition) is 1. The fourth-order valence-electron chi connectivity index (χ4n) is 1.42. The molecule has 1 N–H and O–H groups in total. The van der Waals surface area contributed by atoms with Crippen LogP contribution in [0.1, 0.15) is 6.92 Å². The van der Waals surface area contributed by atoms with E-state index in [2.05, 4.69) is 10.1 Å². The first-order valence-corrected chi connectivity index (χ1v) is 5.92. The summed E-state index contributed by atoms with van der Waals surface area (Å²) in [4.78, 5) is 11.3. The van der Waals surface area contributed by atoms with E-state index in [-0.39, 0.29) is 5.57 Å². The SMILES string of the molecule is CCOc1cc(OC)ccc1N/C=C(\C#N)C(=O)OC. The molecule has 0 radical (unpaired) electrons. The Morgan fingerprint density at radius 2 is 2.20 bits per heavy atom. The zero-order valence-corrected chi connectivity index (χ0v) is 11.6. The highest BCUT2D eigenvalue weighted by atomic mass is 16.5. The third-order valence-electron chi connectivity index (χ3n) is 2.39. The fourth-order valence-corrected chi connectivity index (χ4v) is 1.42. The highest BCUT2D eigenvalue weighted by molar-refractivity contribution is 5.93. The standard InChI is InChI=1S/C14H16N2O4/c1-4-20-13-7-11(18-2)5-6-12(13)16-9-10(8-15)14(17)19-3/h5-7,9,16H,4H2,1-3H3/b10-9+. The lowest BCUT2D eigenvalue weighted by molar-refractivity contribution is -0.135. The molecule has 0 bridgehead atoms. The van der Waals surface area contributed by atoms with E-state index in [1.165, 1.54) is 13.3 Å². The van der Waals surface area contributed by atoms with Crippen molar-refractivity contribution in [1.29, 1.82) is 5.26 Å². The lowest BCUT2D eigenvalue weighted by atomic mass is 10.2. The summed E-state index contributed by atoms with van der Waals surface area (Å²) >= 11 is 0. The Kier molecular flexibility index (Phi) is 5.91. The largest absolute Gasteiger partial charge is 0.497 e. The van der Waals surface area contributed by atoms with Crippen molar-refractivity contribution in [3.05, 3.63) is 30.0 Å². The van der Waals surface area contributed by atoms with Crippen LogP contribution in [0.3, 0.4) is 0 Å². The average molecular weight is 276 g/mol. The third kappa shape index (κ3) is 3.92. The number of methoxy groups -OCH3 is 2. The van der Waals surface area contributed by atoms with Crippen LogP contribution in [0.2, 0.25) is 0 Å². The zero-order valence-electron chi connectivity index (χ0n) is 11.6. The number of esters is 1. The van der Waals surface area contributed by atoms with Gasteiger partial charge in [-0.25, -0.2) is 4.79 Å². The van der Waals surface area contributed by atoms with Gasteiger partial charge in [-0.05, 0) is 19.1 Å². The van der Waals surface area contributed by atoms with Crippen molar-refractivity contribution in [3.8, 4) is 17.6 Å². The van der Waals surface area contributed by atoms with Crippen LogP contribution in [0.5, 0.6) is 11.5 Å². The number of nitrogens with one attached hydrogen (secondary N) is 1. The van der Waals surface area contributed by atoms with Crippen molar-refractivity contribution in [1.82, 2.24) is 0 Å². The highest BCUT2D eigenvalue weighted by Crippen LogP contribution is 2.29. The summed E-state index contributed by atoms with van der Waals surface area (Å²) in [5.41, 5.74) is 0.482. The van der Waals surface area contributed by atoms with Gasteiger partial charge in [0.25, 0.3) is 0 Å². The first-order valence-electron chi connectivity index (χ1n) is 5.92. The van der Waals surface area contributed by atoms with Gasteiger partial charge >= 0.3 is 5.97 Å². The maximum absolute atomic E-state index is 11.3. The number of nitrogens with zero attached hydrogens (tertiary/aromatic N) is 1. The molecule has 0 spiro atoms. The molecule has 20 heavy (non-hydrogen) atoms. The van der Waals surface area contributed by atoms with Crippen molar-refractivity contribution in [2.45, 2.75) is 6.92 Å². The molecule has 0 aliphatic rings. The molecule has 0 aromatic heterocycles. The summed E-state index contributed by atoms with van der Waals surface area (Å²) in [6, 6.07) is 6.94. The van der Waals surface area contributed by atoms with Crippen molar-refractivity contribution in [2.75, 3.05) is 26.1 Å². The molecule has 0 aliphatic carbocycles. The van der Waals surface area contributed by atoms with Crippen LogP contribution in [-0.4, -0.2) is 26.8 Å². The van der Waals surface area contributed by atoms with Crippen LogP contribution >= 0.6 is 0 Å². The molecular weight excluding hydrogens is 260 g/mol. The van der Waals surface area contributed by atoms with Gasteiger partial charge in [0, 0.05) is 12.3 Å². The van der Waals surface area contributed by atoms with Gasteiger partial charge < -0.3 is 19.5 Å². The third-order valence-corrected chi connectivity index (χ3v) is 2.39. The minimum Gasteiger partial charge on any atom is -0.497 e. The van der Waals surface area contributed by atoms with E-state index in [1.807, 2.05) is 6.92 Å². The topological polar surface area (TPSA) is 80.6 Å². The van der Waals surface area contributed by atoms with Gasteiger partial charge in [0.1, 0.15) is 17.6 Å². The first-order chi connectivity index (χ1) is 9.65. The van der Waals surface area contributed by atoms with E-state index in [0.717, 1.165) is 0 Å². The Bertz CT molecular complexity index is 547. The van der Waals surface area contributed by atoms with Gasteiger partial charge in [-0.15, -0.1) is 0 Å². The first kappa shape index (κ1) is 15.4. The smallest absolute Gasteiger partial charge is 0.350 e. The molecule has 1 rings (SSSR count). The summed E-state index contributed by atoms with van der Waals surface area (Å²) in [5.74, 6) is 0.508. The average Bonchev–Trinajstić information content (AvgIpc) is 2.48. The molecule has 0 fully saturated rings.